The summed E-state index contributed by atoms with van der Waals surface area (Å²) in [6, 6.07) is 3.16. The summed E-state index contributed by atoms with van der Waals surface area (Å²) in [5.41, 5.74) is 4.43. The number of halogens is 2. The number of allylic oxidation sites excluding steroid dienone is 2. The molecule has 3 atom stereocenters. The molecule has 26 heavy (non-hydrogen) atoms. The lowest BCUT2D eigenvalue weighted by Gasteiger charge is -2.37. The third kappa shape index (κ3) is 2.69. The van der Waals surface area contributed by atoms with E-state index in [1.54, 1.807) is 0 Å². The van der Waals surface area contributed by atoms with E-state index >= 15 is 0 Å². The van der Waals surface area contributed by atoms with Gasteiger partial charge in [-0.05, 0) is 70.4 Å². The van der Waals surface area contributed by atoms with Gasteiger partial charge >= 0.3 is 0 Å². The number of alkyl halides is 2. The van der Waals surface area contributed by atoms with Crippen molar-refractivity contribution in [1.82, 2.24) is 14.7 Å². The molecule has 0 N–H and O–H groups in total. The second-order valence-corrected chi connectivity index (χ2v) is 8.54. The fraction of sp³-hybridized carbons (Fsp3) is 0.700. The van der Waals surface area contributed by atoms with Crippen molar-refractivity contribution in [2.45, 2.75) is 89.1 Å². The van der Waals surface area contributed by atoms with Crippen molar-refractivity contribution in [2.24, 2.45) is 4.99 Å². The smallest absolute Gasteiger partial charge is 0.245 e. The number of aromatic nitrogens is 2. The number of hydrogen-bond donors (Lipinski definition) is 0. The molecule has 4 nitrogen and oxygen atoms in total. The van der Waals surface area contributed by atoms with E-state index in [-0.39, 0.29) is 6.42 Å². The van der Waals surface area contributed by atoms with E-state index in [1.807, 2.05) is 10.7 Å². The van der Waals surface area contributed by atoms with Crippen LogP contribution < -0.4 is 0 Å². The minimum absolute atomic E-state index is 0.155. The van der Waals surface area contributed by atoms with Crippen molar-refractivity contribution >= 4 is 5.96 Å². The van der Waals surface area contributed by atoms with Gasteiger partial charge in [0.2, 0.25) is 11.9 Å². The van der Waals surface area contributed by atoms with Crippen molar-refractivity contribution in [3.8, 4) is 0 Å². The maximum absolute atomic E-state index is 13.3. The summed E-state index contributed by atoms with van der Waals surface area (Å²) in [5, 5.41) is 4.76. The molecule has 1 aliphatic carbocycles. The van der Waals surface area contributed by atoms with Crippen LogP contribution in [0.2, 0.25) is 0 Å². The van der Waals surface area contributed by atoms with Gasteiger partial charge in [-0.15, -0.1) is 0 Å². The van der Waals surface area contributed by atoms with E-state index in [1.165, 1.54) is 37.7 Å². The Hall–Kier alpha value is -1.72. The van der Waals surface area contributed by atoms with Crippen LogP contribution in [-0.2, 0) is 6.42 Å². The topological polar surface area (TPSA) is 33.4 Å². The Kier molecular flexibility index (Phi) is 3.57. The van der Waals surface area contributed by atoms with Crippen molar-refractivity contribution in [3.05, 3.63) is 28.7 Å². The molecule has 1 saturated carbocycles. The molecule has 4 aliphatic rings. The predicted octanol–water partition coefficient (Wildman–Crippen LogP) is 4.47. The summed E-state index contributed by atoms with van der Waals surface area (Å²) in [6.07, 6.45) is 7.39. The molecule has 0 aromatic carbocycles. The first kappa shape index (κ1) is 16.5. The molecule has 2 saturated heterocycles. The molecule has 140 valence electrons. The number of piperidine rings is 1. The van der Waals surface area contributed by atoms with Crippen LogP contribution in [0.5, 0.6) is 0 Å². The first-order valence-electron chi connectivity index (χ1n) is 9.94. The van der Waals surface area contributed by atoms with Gasteiger partial charge in [0.15, 0.2) is 0 Å². The maximum atomic E-state index is 13.3. The van der Waals surface area contributed by atoms with E-state index in [9.17, 15) is 8.78 Å². The molecule has 5 rings (SSSR count). The molecule has 0 radical (unpaired) electrons. The number of nitrogens with zero attached hydrogens (tertiary/aromatic N) is 4. The second-order valence-electron chi connectivity index (χ2n) is 8.54. The minimum atomic E-state index is -2.65. The van der Waals surface area contributed by atoms with Gasteiger partial charge in [0, 0.05) is 30.1 Å². The summed E-state index contributed by atoms with van der Waals surface area (Å²) in [6.45, 7) is 3.09. The lowest BCUT2D eigenvalue weighted by molar-refractivity contribution is 0.0130. The fourth-order valence-corrected chi connectivity index (χ4v) is 5.05. The average Bonchev–Trinajstić information content (AvgIpc) is 3.23. The van der Waals surface area contributed by atoms with Crippen molar-refractivity contribution in [2.75, 3.05) is 0 Å². The van der Waals surface area contributed by atoms with Crippen molar-refractivity contribution in [3.63, 3.8) is 0 Å². The van der Waals surface area contributed by atoms with E-state index in [0.717, 1.165) is 36.4 Å². The number of fused-ring (bicyclic) bond motifs is 5. The van der Waals surface area contributed by atoms with E-state index in [0.29, 0.717) is 24.4 Å². The quantitative estimate of drug-likeness (QED) is 0.797. The van der Waals surface area contributed by atoms with Gasteiger partial charge in [-0.1, -0.05) is 0 Å². The summed E-state index contributed by atoms with van der Waals surface area (Å²) >= 11 is 0. The highest BCUT2D eigenvalue weighted by molar-refractivity contribution is 5.86. The second kappa shape index (κ2) is 5.64. The molecule has 0 amide bonds. The molecule has 0 spiro atoms. The molecule has 4 heterocycles. The summed E-state index contributed by atoms with van der Waals surface area (Å²) in [5.74, 6) is -1.33. The third-order valence-corrected chi connectivity index (χ3v) is 6.50. The van der Waals surface area contributed by atoms with Crippen LogP contribution in [0.25, 0.3) is 0 Å². The first-order valence-corrected chi connectivity index (χ1v) is 9.94. The Morgan fingerprint density at radius 1 is 1.19 bits per heavy atom. The molecule has 2 unspecified atom stereocenters. The van der Waals surface area contributed by atoms with Gasteiger partial charge in [-0.3, -0.25) is 0 Å². The van der Waals surface area contributed by atoms with Gasteiger partial charge in [0.25, 0.3) is 0 Å². The highest BCUT2D eigenvalue weighted by Gasteiger charge is 2.44. The van der Waals surface area contributed by atoms with Gasteiger partial charge < -0.3 is 4.90 Å². The molecule has 3 aliphatic heterocycles. The summed E-state index contributed by atoms with van der Waals surface area (Å²) in [4.78, 5) is 7.49. The van der Waals surface area contributed by atoms with Crippen LogP contribution in [0.15, 0.2) is 22.3 Å². The molecule has 1 aromatic heterocycles. The van der Waals surface area contributed by atoms with Gasteiger partial charge in [-0.25, -0.2) is 18.5 Å². The number of aliphatic imine (C=N–C) groups is 1. The lowest BCUT2D eigenvalue weighted by atomic mass is 10.0. The zero-order chi connectivity index (χ0) is 18.1. The Bertz CT molecular complexity index is 785. The van der Waals surface area contributed by atoms with Crippen molar-refractivity contribution < 1.29 is 8.78 Å². The van der Waals surface area contributed by atoms with E-state index < -0.39 is 5.92 Å². The Labute approximate surface area is 153 Å². The standard InChI is InChI=1S/C20H26F2N4/c1-12-16-11-17(16)18-10-13(8-9-20(2,21)22)24-26(18)19(23-12)25-14-4-3-5-15(25)7-6-14/h10,14-15,17H,3-9,11H2,1-2H3/t14-,15?,17?/m0/s1. The van der Waals surface area contributed by atoms with Gasteiger partial charge in [0.1, 0.15) is 0 Å². The molecular formula is C20H26F2N4. The summed E-state index contributed by atoms with van der Waals surface area (Å²) in [7, 11) is 0. The Morgan fingerprint density at radius 2 is 1.92 bits per heavy atom. The van der Waals surface area contributed by atoms with E-state index in [4.69, 9.17) is 10.1 Å². The maximum Gasteiger partial charge on any atom is 0.245 e. The predicted molar refractivity (Wildman–Crippen MR) is 96.6 cm³/mol. The van der Waals surface area contributed by atoms with Crippen LogP contribution in [0, 0.1) is 0 Å². The monoisotopic (exact) mass is 360 g/mol. The highest BCUT2D eigenvalue weighted by atomic mass is 19.3. The van der Waals surface area contributed by atoms with Crippen molar-refractivity contribution in [1.29, 1.82) is 0 Å². The van der Waals surface area contributed by atoms with Crippen LogP contribution in [-0.4, -0.2) is 38.6 Å². The SMILES string of the molecule is CC1=C2CC2c2cc(CCC(C)(F)F)nn2C(N2C3CCC[C@H]2CC3)=N1. The largest absolute Gasteiger partial charge is 0.335 e. The molecule has 6 heteroatoms. The number of rotatable bonds is 3. The lowest BCUT2D eigenvalue weighted by Crippen LogP contribution is -2.47. The van der Waals surface area contributed by atoms with E-state index in [2.05, 4.69) is 11.8 Å². The van der Waals surface area contributed by atoms with Crippen LogP contribution in [0.3, 0.4) is 0 Å². The molecule has 2 bridgehead atoms. The molecule has 1 aromatic rings. The zero-order valence-corrected chi connectivity index (χ0v) is 15.5. The average molecular weight is 360 g/mol. The van der Waals surface area contributed by atoms with Crippen LogP contribution in [0.1, 0.15) is 76.1 Å². The number of aryl methyl sites for hydroxylation is 1. The van der Waals surface area contributed by atoms with Crippen LogP contribution >= 0.6 is 0 Å². The van der Waals surface area contributed by atoms with Crippen LogP contribution in [0.4, 0.5) is 8.78 Å². The highest BCUT2D eigenvalue weighted by Crippen LogP contribution is 2.51. The molecule has 3 fully saturated rings. The minimum Gasteiger partial charge on any atom is -0.335 e. The van der Waals surface area contributed by atoms with Gasteiger partial charge in [-0.2, -0.15) is 5.10 Å². The Balaban J connectivity index is 1.52. The third-order valence-electron chi connectivity index (χ3n) is 6.50. The fourth-order valence-electron chi connectivity index (χ4n) is 5.05. The molecular weight excluding hydrogens is 334 g/mol. The van der Waals surface area contributed by atoms with Gasteiger partial charge in [0.05, 0.1) is 11.4 Å². The zero-order valence-electron chi connectivity index (χ0n) is 15.5. The normalized spacial score (nSPS) is 30.1. The number of hydrogen-bond acceptors (Lipinski definition) is 3. The summed E-state index contributed by atoms with van der Waals surface area (Å²) < 4.78 is 28.6. The first-order chi connectivity index (χ1) is 12.4. The Morgan fingerprint density at radius 3 is 2.62 bits per heavy atom.